The van der Waals surface area contributed by atoms with E-state index >= 15 is 0 Å². The number of urea groups is 1. The third-order valence-corrected chi connectivity index (χ3v) is 6.44. The van der Waals surface area contributed by atoms with Crippen molar-refractivity contribution >= 4 is 11.6 Å². The predicted octanol–water partition coefficient (Wildman–Crippen LogP) is 5.47. The van der Waals surface area contributed by atoms with Crippen molar-refractivity contribution in [3.63, 3.8) is 0 Å². The monoisotopic (exact) mass is 480 g/mol. The Kier molecular flexibility index (Phi) is 5.41. The number of carbonyl (C=O) groups is 1. The van der Waals surface area contributed by atoms with Crippen LogP contribution in [0.4, 0.5) is 4.79 Å². The molecule has 0 radical (unpaired) electrons. The SMILES string of the molecule is CC1=C(c2nc(-c3ccc4c(c3)OCO4)no2)C(c2ccccc2)NC(=O)N1Cc1cccc(C)c1. The maximum atomic E-state index is 13.3. The summed E-state index contributed by atoms with van der Waals surface area (Å²) in [5, 5.41) is 7.39. The Morgan fingerprint density at radius 3 is 2.64 bits per heavy atom. The Labute approximate surface area is 208 Å². The molecule has 0 spiro atoms. The minimum atomic E-state index is -0.433. The van der Waals surface area contributed by atoms with Crippen molar-refractivity contribution in [3.05, 3.63) is 101 Å². The predicted molar refractivity (Wildman–Crippen MR) is 133 cm³/mol. The molecule has 0 aliphatic carbocycles. The first kappa shape index (κ1) is 21.9. The maximum absolute atomic E-state index is 13.3. The average molecular weight is 481 g/mol. The highest BCUT2D eigenvalue weighted by Gasteiger charge is 2.35. The summed E-state index contributed by atoms with van der Waals surface area (Å²) in [5.74, 6) is 2.11. The van der Waals surface area contributed by atoms with Crippen LogP contribution in [-0.4, -0.2) is 27.9 Å². The van der Waals surface area contributed by atoms with Gasteiger partial charge < -0.3 is 19.3 Å². The molecule has 8 heteroatoms. The van der Waals surface area contributed by atoms with Gasteiger partial charge in [0.25, 0.3) is 5.89 Å². The standard InChI is InChI=1S/C28H24N4O4/c1-17-7-6-8-19(13-17)15-32-18(2)24(25(29-28(32)33)20-9-4-3-5-10-20)27-30-26(31-36-27)21-11-12-22-23(14-21)35-16-34-22/h3-14,25H,15-16H2,1-2H3,(H,29,33). The van der Waals surface area contributed by atoms with E-state index in [2.05, 4.69) is 16.5 Å². The first-order valence-corrected chi connectivity index (χ1v) is 11.7. The van der Waals surface area contributed by atoms with Crippen molar-refractivity contribution < 1.29 is 18.8 Å². The third kappa shape index (κ3) is 3.96. The van der Waals surface area contributed by atoms with Crippen molar-refractivity contribution in [2.24, 2.45) is 0 Å². The van der Waals surface area contributed by atoms with E-state index in [1.54, 1.807) is 4.90 Å². The summed E-state index contributed by atoms with van der Waals surface area (Å²) >= 11 is 0. The number of amides is 2. The lowest BCUT2D eigenvalue weighted by atomic mass is 9.94. The van der Waals surface area contributed by atoms with Gasteiger partial charge in [0, 0.05) is 11.3 Å². The zero-order valence-corrected chi connectivity index (χ0v) is 19.9. The van der Waals surface area contributed by atoms with E-state index in [0.717, 1.165) is 33.5 Å². The summed E-state index contributed by atoms with van der Waals surface area (Å²) in [4.78, 5) is 19.7. The van der Waals surface area contributed by atoms with Crippen LogP contribution < -0.4 is 14.8 Å². The van der Waals surface area contributed by atoms with Crippen LogP contribution in [0.1, 0.15) is 35.5 Å². The number of aromatic nitrogens is 2. The third-order valence-electron chi connectivity index (χ3n) is 6.44. The Morgan fingerprint density at radius 2 is 1.81 bits per heavy atom. The molecule has 1 aromatic heterocycles. The lowest BCUT2D eigenvalue weighted by Gasteiger charge is -2.35. The van der Waals surface area contributed by atoms with Gasteiger partial charge in [-0.15, -0.1) is 0 Å². The highest BCUT2D eigenvalue weighted by atomic mass is 16.7. The molecular weight excluding hydrogens is 456 g/mol. The van der Waals surface area contributed by atoms with E-state index in [-0.39, 0.29) is 12.8 Å². The highest BCUT2D eigenvalue weighted by molar-refractivity contribution is 5.87. The molecule has 6 rings (SSSR count). The molecule has 3 aromatic carbocycles. The number of hydrogen-bond acceptors (Lipinski definition) is 6. The fourth-order valence-electron chi connectivity index (χ4n) is 4.62. The van der Waals surface area contributed by atoms with Crippen LogP contribution in [0.25, 0.3) is 17.0 Å². The van der Waals surface area contributed by atoms with Crippen LogP contribution in [0.5, 0.6) is 11.5 Å². The molecule has 2 aliphatic heterocycles. The van der Waals surface area contributed by atoms with Gasteiger partial charge in [-0.2, -0.15) is 4.98 Å². The number of ether oxygens (including phenoxy) is 2. The lowest BCUT2D eigenvalue weighted by molar-refractivity contribution is 0.174. The largest absolute Gasteiger partial charge is 0.454 e. The van der Waals surface area contributed by atoms with Crippen LogP contribution in [0.3, 0.4) is 0 Å². The van der Waals surface area contributed by atoms with E-state index < -0.39 is 6.04 Å². The fraction of sp³-hybridized carbons (Fsp3) is 0.179. The minimum Gasteiger partial charge on any atom is -0.454 e. The Bertz CT molecular complexity index is 1480. The quantitative estimate of drug-likeness (QED) is 0.407. The number of rotatable bonds is 5. The first-order chi connectivity index (χ1) is 17.6. The summed E-state index contributed by atoms with van der Waals surface area (Å²) in [7, 11) is 0. The van der Waals surface area contributed by atoms with Crippen molar-refractivity contribution in [2.45, 2.75) is 26.4 Å². The van der Waals surface area contributed by atoms with Crippen molar-refractivity contribution in [2.75, 3.05) is 6.79 Å². The summed E-state index contributed by atoms with van der Waals surface area (Å²) in [6.45, 7) is 4.57. The molecule has 2 amide bonds. The van der Waals surface area contributed by atoms with Gasteiger partial charge in [-0.3, -0.25) is 4.90 Å². The van der Waals surface area contributed by atoms with Gasteiger partial charge in [-0.05, 0) is 43.2 Å². The molecule has 36 heavy (non-hydrogen) atoms. The molecule has 4 aromatic rings. The molecule has 0 fully saturated rings. The molecule has 2 aliphatic rings. The van der Waals surface area contributed by atoms with Gasteiger partial charge in [0.1, 0.15) is 0 Å². The van der Waals surface area contributed by atoms with Crippen molar-refractivity contribution in [3.8, 4) is 22.9 Å². The Morgan fingerprint density at radius 1 is 0.972 bits per heavy atom. The van der Waals surface area contributed by atoms with Crippen LogP contribution in [0.2, 0.25) is 0 Å². The van der Waals surface area contributed by atoms with Crippen molar-refractivity contribution in [1.82, 2.24) is 20.4 Å². The molecule has 1 atom stereocenters. The summed E-state index contributed by atoms with van der Waals surface area (Å²) in [6, 6.07) is 22.8. The summed E-state index contributed by atoms with van der Waals surface area (Å²) in [6.07, 6.45) is 0. The van der Waals surface area contributed by atoms with E-state index in [4.69, 9.17) is 19.0 Å². The Hall–Kier alpha value is -4.59. The number of fused-ring (bicyclic) bond motifs is 1. The van der Waals surface area contributed by atoms with E-state index in [1.807, 2.05) is 80.6 Å². The second-order valence-corrected chi connectivity index (χ2v) is 8.86. The molecule has 8 nitrogen and oxygen atoms in total. The number of nitrogens with zero attached hydrogens (tertiary/aromatic N) is 3. The molecule has 0 bridgehead atoms. The summed E-state index contributed by atoms with van der Waals surface area (Å²) < 4.78 is 16.7. The highest BCUT2D eigenvalue weighted by Crippen LogP contribution is 2.39. The van der Waals surface area contributed by atoms with E-state index in [1.165, 1.54) is 0 Å². The normalized spacial score (nSPS) is 16.9. The van der Waals surface area contributed by atoms with Crippen LogP contribution >= 0.6 is 0 Å². The van der Waals surface area contributed by atoms with Crippen LogP contribution in [0.15, 0.2) is 83.0 Å². The zero-order chi connectivity index (χ0) is 24.6. The molecule has 0 saturated carbocycles. The Balaban J connectivity index is 1.42. The number of benzene rings is 3. The molecule has 1 unspecified atom stereocenters. The minimum absolute atomic E-state index is 0.179. The lowest BCUT2D eigenvalue weighted by Crippen LogP contribution is -2.45. The number of hydrogen-bond donors (Lipinski definition) is 1. The van der Waals surface area contributed by atoms with Gasteiger partial charge in [0.05, 0.1) is 18.2 Å². The second kappa shape index (κ2) is 8.88. The number of aryl methyl sites for hydroxylation is 1. The van der Waals surface area contributed by atoms with Gasteiger partial charge in [0.15, 0.2) is 11.5 Å². The number of allylic oxidation sites excluding steroid dienone is 1. The fourth-order valence-corrected chi connectivity index (χ4v) is 4.62. The maximum Gasteiger partial charge on any atom is 0.322 e. The smallest absolute Gasteiger partial charge is 0.322 e. The number of nitrogens with one attached hydrogen (secondary N) is 1. The van der Waals surface area contributed by atoms with Gasteiger partial charge in [0.2, 0.25) is 12.6 Å². The number of carbonyl (C=O) groups excluding carboxylic acids is 1. The van der Waals surface area contributed by atoms with E-state index in [9.17, 15) is 4.79 Å². The zero-order valence-electron chi connectivity index (χ0n) is 19.9. The van der Waals surface area contributed by atoms with E-state index in [0.29, 0.717) is 29.8 Å². The van der Waals surface area contributed by atoms with Gasteiger partial charge >= 0.3 is 6.03 Å². The van der Waals surface area contributed by atoms with Gasteiger partial charge in [-0.1, -0.05) is 65.3 Å². The van der Waals surface area contributed by atoms with Crippen LogP contribution in [0, 0.1) is 6.92 Å². The average Bonchev–Trinajstić information content (AvgIpc) is 3.56. The molecule has 1 N–H and O–H groups in total. The second-order valence-electron chi connectivity index (χ2n) is 8.86. The summed E-state index contributed by atoms with van der Waals surface area (Å²) in [5.41, 5.74) is 5.37. The first-order valence-electron chi connectivity index (χ1n) is 11.7. The molecular formula is C28H24N4O4. The van der Waals surface area contributed by atoms with Gasteiger partial charge in [-0.25, -0.2) is 4.79 Å². The molecule has 0 saturated heterocycles. The molecule has 180 valence electrons. The van der Waals surface area contributed by atoms with Crippen molar-refractivity contribution in [1.29, 1.82) is 0 Å². The molecule has 3 heterocycles. The topological polar surface area (TPSA) is 89.7 Å². The van der Waals surface area contributed by atoms with Crippen LogP contribution in [-0.2, 0) is 6.54 Å².